The lowest BCUT2D eigenvalue weighted by molar-refractivity contribution is 0.386. The maximum atomic E-state index is 13.7. The van der Waals surface area contributed by atoms with Crippen LogP contribution in [0, 0.1) is 5.82 Å². The Morgan fingerprint density at radius 3 is 2.68 bits per heavy atom. The molecule has 3 nitrogen and oxygen atoms in total. The van der Waals surface area contributed by atoms with Crippen LogP contribution in [0.25, 0.3) is 11.4 Å². The maximum absolute atomic E-state index is 13.7. The molecule has 0 fully saturated rings. The predicted molar refractivity (Wildman–Crippen MR) is 76.1 cm³/mol. The van der Waals surface area contributed by atoms with Crippen molar-refractivity contribution >= 4 is 27.5 Å². The lowest BCUT2D eigenvalue weighted by atomic mass is 10.2. The number of hydrogen-bond acceptors (Lipinski definition) is 3. The smallest absolute Gasteiger partial charge is 0.165 e. The molecule has 0 aliphatic carbocycles. The van der Waals surface area contributed by atoms with Crippen LogP contribution < -0.4 is 4.74 Å². The van der Waals surface area contributed by atoms with E-state index in [4.69, 9.17) is 16.3 Å². The van der Waals surface area contributed by atoms with Gasteiger partial charge in [0.2, 0.25) is 0 Å². The third-order valence-corrected chi connectivity index (χ3v) is 3.96. The van der Waals surface area contributed by atoms with Crippen molar-refractivity contribution in [3.63, 3.8) is 0 Å². The molecule has 0 saturated carbocycles. The van der Waals surface area contributed by atoms with Gasteiger partial charge in [-0.3, -0.25) is 0 Å². The molecule has 0 aliphatic heterocycles. The van der Waals surface area contributed by atoms with Gasteiger partial charge in [0.25, 0.3) is 0 Å². The Morgan fingerprint density at radius 2 is 2.11 bits per heavy atom. The summed E-state index contributed by atoms with van der Waals surface area (Å²) in [6, 6.07) is 4.56. The third-order valence-electron chi connectivity index (χ3n) is 2.62. The van der Waals surface area contributed by atoms with Crippen LogP contribution in [0.2, 0.25) is 5.15 Å². The molecule has 0 atom stereocenters. The van der Waals surface area contributed by atoms with E-state index in [2.05, 4.69) is 25.9 Å². The van der Waals surface area contributed by atoms with Crippen LogP contribution in [0.3, 0.4) is 0 Å². The standard InChI is InChI=1S/C13H11BrClFN2O/c1-3-9-11(14)12(15)18-13(17-9)7-4-5-10(19-2)8(16)6-7/h4-6H,3H2,1-2H3. The van der Waals surface area contributed by atoms with E-state index >= 15 is 0 Å². The van der Waals surface area contributed by atoms with Crippen molar-refractivity contribution in [1.29, 1.82) is 0 Å². The molecule has 2 rings (SSSR count). The second kappa shape index (κ2) is 5.84. The number of nitrogens with zero attached hydrogens (tertiary/aromatic N) is 2. The van der Waals surface area contributed by atoms with Gasteiger partial charge in [0.1, 0.15) is 5.15 Å². The second-order valence-electron chi connectivity index (χ2n) is 3.80. The first kappa shape index (κ1) is 14.2. The molecule has 0 amide bonds. The summed E-state index contributed by atoms with van der Waals surface area (Å²) in [6.07, 6.45) is 0.703. The Kier molecular flexibility index (Phi) is 4.37. The van der Waals surface area contributed by atoms with Gasteiger partial charge in [0.05, 0.1) is 17.3 Å². The summed E-state index contributed by atoms with van der Waals surface area (Å²) < 4.78 is 19.2. The summed E-state index contributed by atoms with van der Waals surface area (Å²) in [6.45, 7) is 1.96. The van der Waals surface area contributed by atoms with E-state index in [1.807, 2.05) is 6.92 Å². The van der Waals surface area contributed by atoms with Gasteiger partial charge in [-0.05, 0) is 40.5 Å². The minimum atomic E-state index is -0.458. The van der Waals surface area contributed by atoms with E-state index in [0.717, 1.165) is 5.69 Å². The highest BCUT2D eigenvalue weighted by Gasteiger charge is 2.12. The molecule has 0 N–H and O–H groups in total. The summed E-state index contributed by atoms with van der Waals surface area (Å²) in [5, 5.41) is 0.318. The van der Waals surface area contributed by atoms with E-state index in [1.54, 1.807) is 6.07 Å². The van der Waals surface area contributed by atoms with Gasteiger partial charge in [-0.1, -0.05) is 18.5 Å². The first-order valence-corrected chi connectivity index (χ1v) is 6.79. The SMILES string of the molecule is CCc1nc(-c2ccc(OC)c(F)c2)nc(Cl)c1Br. The van der Waals surface area contributed by atoms with Crippen LogP contribution in [0.5, 0.6) is 5.75 Å². The van der Waals surface area contributed by atoms with Crippen LogP contribution in [0.15, 0.2) is 22.7 Å². The van der Waals surface area contributed by atoms with Gasteiger partial charge in [0, 0.05) is 5.56 Å². The Labute approximate surface area is 123 Å². The van der Waals surface area contributed by atoms with Crippen molar-refractivity contribution in [3.8, 4) is 17.1 Å². The van der Waals surface area contributed by atoms with E-state index < -0.39 is 5.82 Å². The van der Waals surface area contributed by atoms with Crippen molar-refractivity contribution in [1.82, 2.24) is 9.97 Å². The summed E-state index contributed by atoms with van der Waals surface area (Å²) in [7, 11) is 1.42. The van der Waals surface area contributed by atoms with E-state index in [-0.39, 0.29) is 5.75 Å². The number of aromatic nitrogens is 2. The molecule has 0 aliphatic rings. The number of aryl methyl sites for hydroxylation is 1. The molecular weight excluding hydrogens is 335 g/mol. The van der Waals surface area contributed by atoms with Gasteiger partial charge < -0.3 is 4.74 Å². The molecule has 0 radical (unpaired) electrons. The highest BCUT2D eigenvalue weighted by Crippen LogP contribution is 2.29. The number of methoxy groups -OCH3 is 1. The number of rotatable bonds is 3. The molecule has 1 aromatic carbocycles. The predicted octanol–water partition coefficient (Wildman–Crippen LogP) is 4.27. The van der Waals surface area contributed by atoms with Crippen molar-refractivity contribution < 1.29 is 9.13 Å². The van der Waals surface area contributed by atoms with Crippen LogP contribution in [-0.2, 0) is 6.42 Å². The zero-order valence-corrected chi connectivity index (χ0v) is 12.7. The monoisotopic (exact) mass is 344 g/mol. The normalized spacial score (nSPS) is 10.6. The summed E-state index contributed by atoms with van der Waals surface area (Å²) in [5.74, 6) is 0.120. The summed E-state index contributed by atoms with van der Waals surface area (Å²) >= 11 is 9.36. The summed E-state index contributed by atoms with van der Waals surface area (Å²) in [5.41, 5.74) is 1.34. The molecule has 1 heterocycles. The minimum absolute atomic E-state index is 0.183. The van der Waals surface area contributed by atoms with Crippen molar-refractivity contribution in [2.24, 2.45) is 0 Å². The molecule has 100 valence electrons. The van der Waals surface area contributed by atoms with Crippen LogP contribution in [0.1, 0.15) is 12.6 Å². The number of hydrogen-bond donors (Lipinski definition) is 0. The van der Waals surface area contributed by atoms with Crippen molar-refractivity contribution in [2.75, 3.05) is 7.11 Å². The van der Waals surface area contributed by atoms with E-state index in [1.165, 1.54) is 19.2 Å². The first-order valence-electron chi connectivity index (χ1n) is 5.62. The van der Waals surface area contributed by atoms with Crippen LogP contribution in [-0.4, -0.2) is 17.1 Å². The molecule has 0 spiro atoms. The third kappa shape index (κ3) is 2.87. The van der Waals surface area contributed by atoms with Crippen LogP contribution >= 0.6 is 27.5 Å². The number of ether oxygens (including phenoxy) is 1. The Hall–Kier alpha value is -1.20. The Bertz CT molecular complexity index is 622. The molecular formula is C13H11BrClFN2O. The van der Waals surface area contributed by atoms with Gasteiger partial charge in [0.15, 0.2) is 17.4 Å². The molecule has 19 heavy (non-hydrogen) atoms. The Morgan fingerprint density at radius 1 is 1.37 bits per heavy atom. The average molecular weight is 346 g/mol. The second-order valence-corrected chi connectivity index (χ2v) is 4.95. The quantitative estimate of drug-likeness (QED) is 0.779. The fourth-order valence-corrected chi connectivity index (χ4v) is 2.28. The molecule has 1 aromatic heterocycles. The number of benzene rings is 1. The first-order chi connectivity index (χ1) is 9.06. The van der Waals surface area contributed by atoms with E-state index in [9.17, 15) is 4.39 Å². The molecule has 2 aromatic rings. The largest absolute Gasteiger partial charge is 0.494 e. The van der Waals surface area contributed by atoms with Gasteiger partial charge >= 0.3 is 0 Å². The number of halogens is 3. The van der Waals surface area contributed by atoms with Gasteiger partial charge in [-0.2, -0.15) is 0 Å². The molecule has 0 bridgehead atoms. The van der Waals surface area contributed by atoms with Crippen molar-refractivity contribution in [2.45, 2.75) is 13.3 Å². The lowest BCUT2D eigenvalue weighted by Crippen LogP contribution is -1.98. The molecule has 0 saturated heterocycles. The van der Waals surface area contributed by atoms with Gasteiger partial charge in [-0.15, -0.1) is 0 Å². The maximum Gasteiger partial charge on any atom is 0.165 e. The Balaban J connectivity index is 2.53. The lowest BCUT2D eigenvalue weighted by Gasteiger charge is -2.08. The van der Waals surface area contributed by atoms with Crippen LogP contribution in [0.4, 0.5) is 4.39 Å². The highest BCUT2D eigenvalue weighted by atomic mass is 79.9. The van der Waals surface area contributed by atoms with Crippen molar-refractivity contribution in [3.05, 3.63) is 39.3 Å². The topological polar surface area (TPSA) is 35.0 Å². The van der Waals surface area contributed by atoms with Gasteiger partial charge in [-0.25, -0.2) is 14.4 Å². The molecule has 6 heteroatoms. The molecule has 0 unspecified atom stereocenters. The fourth-order valence-electron chi connectivity index (χ4n) is 1.63. The summed E-state index contributed by atoms with van der Waals surface area (Å²) in [4.78, 5) is 8.52. The zero-order chi connectivity index (χ0) is 14.0. The van der Waals surface area contributed by atoms with E-state index in [0.29, 0.717) is 27.4 Å². The average Bonchev–Trinajstić information content (AvgIpc) is 2.41. The zero-order valence-electron chi connectivity index (χ0n) is 10.4. The highest BCUT2D eigenvalue weighted by molar-refractivity contribution is 9.10. The fraction of sp³-hybridized carbons (Fsp3) is 0.231. The minimum Gasteiger partial charge on any atom is -0.494 e.